The maximum atomic E-state index is 4.21. The molecule has 5 nitrogen and oxygen atoms in total. The summed E-state index contributed by atoms with van der Waals surface area (Å²) in [5, 5.41) is 5.06. The lowest BCUT2D eigenvalue weighted by Gasteiger charge is -2.34. The molecule has 2 N–H and O–H groups in total. The molecule has 1 aliphatic rings. The van der Waals surface area contributed by atoms with E-state index in [-0.39, 0.29) is 0 Å². The van der Waals surface area contributed by atoms with Crippen molar-refractivity contribution in [3.63, 3.8) is 0 Å². The Hall–Kier alpha value is -2.21. The van der Waals surface area contributed by atoms with Gasteiger partial charge in [-0.05, 0) is 36.7 Å². The van der Waals surface area contributed by atoms with Gasteiger partial charge in [0.25, 0.3) is 0 Å². The number of hydrogen-bond donors (Lipinski definition) is 2. The molecule has 4 rings (SSSR count). The zero-order chi connectivity index (χ0) is 18.5. The van der Waals surface area contributed by atoms with E-state index >= 15 is 0 Å². The Kier molecular flexibility index (Phi) is 5.82. The van der Waals surface area contributed by atoms with Gasteiger partial charge in [0.15, 0.2) is 0 Å². The number of nitrogens with one attached hydrogen (secondary N) is 2. The molecule has 1 atom stereocenters. The molecule has 142 valence electrons. The van der Waals surface area contributed by atoms with Crippen molar-refractivity contribution < 1.29 is 0 Å². The minimum atomic E-state index is 0.515. The predicted molar refractivity (Wildman–Crippen MR) is 111 cm³/mol. The molecular formula is C22H29N5. The maximum absolute atomic E-state index is 4.21. The molecule has 2 aromatic heterocycles. The Balaban J connectivity index is 1.28. The number of para-hydroxylation sites is 1. The van der Waals surface area contributed by atoms with Crippen molar-refractivity contribution in [3.05, 3.63) is 66.1 Å². The second-order valence-corrected chi connectivity index (χ2v) is 7.61. The van der Waals surface area contributed by atoms with Crippen molar-refractivity contribution in [1.82, 2.24) is 25.1 Å². The molecule has 0 radical (unpaired) electrons. The SMILES string of the molecule is CN(CCN1CCNC(Cc2c[nH]c3ccccc23)C1)Cc1cccnc1. The third-order valence-corrected chi connectivity index (χ3v) is 5.45. The lowest BCUT2D eigenvalue weighted by molar-refractivity contribution is 0.174. The summed E-state index contributed by atoms with van der Waals surface area (Å²) in [7, 11) is 2.19. The van der Waals surface area contributed by atoms with Gasteiger partial charge in [0.1, 0.15) is 0 Å². The average molecular weight is 364 g/mol. The number of aromatic amines is 1. The van der Waals surface area contributed by atoms with E-state index in [4.69, 9.17) is 0 Å². The van der Waals surface area contributed by atoms with Gasteiger partial charge in [-0.15, -0.1) is 0 Å². The molecule has 1 saturated heterocycles. The van der Waals surface area contributed by atoms with Gasteiger partial charge in [0.05, 0.1) is 0 Å². The first kappa shape index (κ1) is 18.2. The number of nitrogens with zero attached hydrogens (tertiary/aromatic N) is 3. The molecule has 0 amide bonds. The molecule has 27 heavy (non-hydrogen) atoms. The monoisotopic (exact) mass is 363 g/mol. The van der Waals surface area contributed by atoms with Crippen LogP contribution in [0.2, 0.25) is 0 Å². The predicted octanol–water partition coefficient (Wildman–Crippen LogP) is 2.51. The van der Waals surface area contributed by atoms with Crippen LogP contribution < -0.4 is 5.32 Å². The van der Waals surface area contributed by atoms with Crippen molar-refractivity contribution in [2.75, 3.05) is 39.8 Å². The minimum absolute atomic E-state index is 0.515. The number of likely N-dealkylation sites (N-methyl/N-ethyl adjacent to an activating group) is 1. The number of hydrogen-bond acceptors (Lipinski definition) is 4. The summed E-state index contributed by atoms with van der Waals surface area (Å²) in [6.45, 7) is 6.46. The minimum Gasteiger partial charge on any atom is -0.361 e. The maximum Gasteiger partial charge on any atom is 0.0456 e. The quantitative estimate of drug-likeness (QED) is 0.677. The third-order valence-electron chi connectivity index (χ3n) is 5.45. The van der Waals surface area contributed by atoms with Crippen LogP contribution in [0.3, 0.4) is 0 Å². The molecule has 5 heteroatoms. The van der Waals surface area contributed by atoms with Gasteiger partial charge in [-0.3, -0.25) is 9.88 Å². The van der Waals surface area contributed by atoms with Gasteiger partial charge in [-0.2, -0.15) is 0 Å². The zero-order valence-corrected chi connectivity index (χ0v) is 16.1. The van der Waals surface area contributed by atoms with Gasteiger partial charge in [-0.25, -0.2) is 0 Å². The number of H-pyrrole nitrogens is 1. The second-order valence-electron chi connectivity index (χ2n) is 7.61. The van der Waals surface area contributed by atoms with Gasteiger partial charge >= 0.3 is 0 Å². The van der Waals surface area contributed by atoms with E-state index in [1.54, 1.807) is 0 Å². The molecule has 0 saturated carbocycles. The summed E-state index contributed by atoms with van der Waals surface area (Å²) >= 11 is 0. The van der Waals surface area contributed by atoms with Gasteiger partial charge in [-0.1, -0.05) is 24.3 Å². The lowest BCUT2D eigenvalue weighted by atomic mass is 10.0. The zero-order valence-electron chi connectivity index (χ0n) is 16.1. The highest BCUT2D eigenvalue weighted by Gasteiger charge is 2.20. The topological polar surface area (TPSA) is 47.2 Å². The fourth-order valence-corrected chi connectivity index (χ4v) is 3.99. The highest BCUT2D eigenvalue weighted by molar-refractivity contribution is 5.83. The molecule has 0 spiro atoms. The number of pyridine rings is 1. The van der Waals surface area contributed by atoms with Crippen LogP contribution in [0.4, 0.5) is 0 Å². The second kappa shape index (κ2) is 8.65. The number of rotatable bonds is 7. The van der Waals surface area contributed by atoms with Crippen LogP contribution in [-0.2, 0) is 13.0 Å². The van der Waals surface area contributed by atoms with E-state index in [0.717, 1.165) is 45.7 Å². The standard InChI is InChI=1S/C22H29N5/c1-26(16-18-5-4-8-23-14-18)11-12-27-10-9-24-20(17-27)13-19-15-25-22-7-3-2-6-21(19)22/h2-8,14-15,20,24-25H,9-13,16-17H2,1H3. The van der Waals surface area contributed by atoms with E-state index in [9.17, 15) is 0 Å². The van der Waals surface area contributed by atoms with E-state index in [1.165, 1.54) is 22.0 Å². The van der Waals surface area contributed by atoms with Crippen molar-refractivity contribution in [3.8, 4) is 0 Å². The molecule has 1 aliphatic heterocycles. The molecule has 1 unspecified atom stereocenters. The molecule has 1 fully saturated rings. The first-order valence-electron chi connectivity index (χ1n) is 9.86. The molecule has 3 aromatic rings. The van der Waals surface area contributed by atoms with E-state index in [2.05, 4.69) is 68.7 Å². The summed E-state index contributed by atoms with van der Waals surface area (Å²) in [5.74, 6) is 0. The van der Waals surface area contributed by atoms with Crippen LogP contribution in [-0.4, -0.2) is 65.6 Å². The molecule has 0 aliphatic carbocycles. The molecule has 1 aromatic carbocycles. The fourth-order valence-electron chi connectivity index (χ4n) is 3.99. The number of piperazine rings is 1. The summed E-state index contributed by atoms with van der Waals surface area (Å²) in [4.78, 5) is 12.6. The molecular weight excluding hydrogens is 334 g/mol. The number of fused-ring (bicyclic) bond motifs is 1. The summed E-state index contributed by atoms with van der Waals surface area (Å²) in [6, 6.07) is 13.2. The first-order chi connectivity index (χ1) is 13.3. The van der Waals surface area contributed by atoms with Gasteiger partial charge < -0.3 is 15.2 Å². The van der Waals surface area contributed by atoms with E-state index in [1.807, 2.05) is 18.5 Å². The normalized spacial score (nSPS) is 18.4. The van der Waals surface area contributed by atoms with Crippen LogP contribution >= 0.6 is 0 Å². The van der Waals surface area contributed by atoms with Crippen LogP contribution in [0.15, 0.2) is 55.0 Å². The summed E-state index contributed by atoms with van der Waals surface area (Å²) < 4.78 is 0. The van der Waals surface area contributed by atoms with Crippen molar-refractivity contribution >= 4 is 10.9 Å². The first-order valence-corrected chi connectivity index (χ1v) is 9.86. The highest BCUT2D eigenvalue weighted by Crippen LogP contribution is 2.19. The van der Waals surface area contributed by atoms with E-state index in [0.29, 0.717) is 6.04 Å². The smallest absolute Gasteiger partial charge is 0.0456 e. The average Bonchev–Trinajstić information content (AvgIpc) is 3.11. The van der Waals surface area contributed by atoms with Crippen molar-refractivity contribution in [2.24, 2.45) is 0 Å². The fraction of sp³-hybridized carbons (Fsp3) is 0.409. The molecule has 3 heterocycles. The van der Waals surface area contributed by atoms with Crippen molar-refractivity contribution in [2.45, 2.75) is 19.0 Å². The van der Waals surface area contributed by atoms with Gasteiger partial charge in [0.2, 0.25) is 0 Å². The van der Waals surface area contributed by atoms with Crippen LogP contribution in [0.25, 0.3) is 10.9 Å². The highest BCUT2D eigenvalue weighted by atomic mass is 15.2. The third kappa shape index (κ3) is 4.75. The number of benzene rings is 1. The van der Waals surface area contributed by atoms with E-state index < -0.39 is 0 Å². The lowest BCUT2D eigenvalue weighted by Crippen LogP contribution is -2.52. The van der Waals surface area contributed by atoms with Crippen molar-refractivity contribution in [1.29, 1.82) is 0 Å². The molecule has 0 bridgehead atoms. The largest absolute Gasteiger partial charge is 0.361 e. The Morgan fingerprint density at radius 1 is 1.22 bits per heavy atom. The summed E-state index contributed by atoms with van der Waals surface area (Å²) in [6.07, 6.45) is 7.04. The Morgan fingerprint density at radius 2 is 2.15 bits per heavy atom. The Labute approximate surface area is 161 Å². The summed E-state index contributed by atoms with van der Waals surface area (Å²) in [5.41, 5.74) is 3.92. The van der Waals surface area contributed by atoms with Crippen LogP contribution in [0.5, 0.6) is 0 Å². The Morgan fingerprint density at radius 3 is 3.04 bits per heavy atom. The van der Waals surface area contributed by atoms with Crippen LogP contribution in [0.1, 0.15) is 11.1 Å². The van der Waals surface area contributed by atoms with Gasteiger partial charge in [0, 0.05) is 74.8 Å². The van der Waals surface area contributed by atoms with Crippen LogP contribution in [0, 0.1) is 0 Å². The Bertz CT molecular complexity index is 844. The number of aromatic nitrogens is 2.